The Morgan fingerprint density at radius 2 is 2.12 bits per heavy atom. The largest absolute Gasteiger partial charge is 0.392 e. The van der Waals surface area contributed by atoms with Crippen LogP contribution in [-0.4, -0.2) is 31.9 Å². The van der Waals surface area contributed by atoms with Gasteiger partial charge in [0.2, 0.25) is 0 Å². The van der Waals surface area contributed by atoms with E-state index in [-0.39, 0.29) is 6.61 Å². The van der Waals surface area contributed by atoms with Gasteiger partial charge in [0.15, 0.2) is 0 Å². The molecule has 17 heavy (non-hydrogen) atoms. The molecule has 0 spiro atoms. The van der Waals surface area contributed by atoms with Gasteiger partial charge in [0.1, 0.15) is 0 Å². The van der Waals surface area contributed by atoms with Gasteiger partial charge in [-0.05, 0) is 24.8 Å². The van der Waals surface area contributed by atoms with Crippen LogP contribution < -0.4 is 4.90 Å². The minimum Gasteiger partial charge on any atom is -0.392 e. The standard InChI is InChI=1S/C14H21NO2/c1-15(8-9-17-11-12-6-7-12)14-5-3-2-4-13(14)10-16/h2-5,12,16H,6-11H2,1H3. The molecule has 0 heterocycles. The Morgan fingerprint density at radius 3 is 2.82 bits per heavy atom. The summed E-state index contributed by atoms with van der Waals surface area (Å²) in [5.74, 6) is 0.824. The molecule has 1 saturated carbocycles. The van der Waals surface area contributed by atoms with Crippen LogP contribution in [0.2, 0.25) is 0 Å². The molecule has 1 fully saturated rings. The first kappa shape index (κ1) is 12.4. The molecule has 3 nitrogen and oxygen atoms in total. The molecular formula is C14H21NO2. The van der Waals surface area contributed by atoms with E-state index in [9.17, 15) is 5.11 Å². The van der Waals surface area contributed by atoms with Gasteiger partial charge < -0.3 is 14.7 Å². The predicted octanol–water partition coefficient (Wildman–Crippen LogP) is 2.04. The second-order valence-electron chi connectivity index (χ2n) is 4.73. The second-order valence-corrected chi connectivity index (χ2v) is 4.73. The Balaban J connectivity index is 1.78. The molecule has 0 saturated heterocycles. The first-order valence-electron chi connectivity index (χ1n) is 6.29. The van der Waals surface area contributed by atoms with E-state index in [0.29, 0.717) is 0 Å². The van der Waals surface area contributed by atoms with Gasteiger partial charge in [-0.25, -0.2) is 0 Å². The average Bonchev–Trinajstić information content (AvgIpc) is 3.18. The highest BCUT2D eigenvalue weighted by Crippen LogP contribution is 2.28. The van der Waals surface area contributed by atoms with Gasteiger partial charge in [0.05, 0.1) is 13.2 Å². The van der Waals surface area contributed by atoms with Crippen LogP contribution in [0, 0.1) is 5.92 Å². The Kier molecular flexibility index (Phi) is 4.40. The van der Waals surface area contributed by atoms with E-state index in [2.05, 4.69) is 4.90 Å². The Hall–Kier alpha value is -1.06. The molecule has 1 aliphatic carbocycles. The molecule has 3 heteroatoms. The zero-order chi connectivity index (χ0) is 12.1. The quantitative estimate of drug-likeness (QED) is 0.734. The molecule has 2 rings (SSSR count). The molecule has 0 aromatic heterocycles. The summed E-state index contributed by atoms with van der Waals surface area (Å²) in [6.07, 6.45) is 2.67. The molecule has 1 N–H and O–H groups in total. The summed E-state index contributed by atoms with van der Waals surface area (Å²) in [4.78, 5) is 2.14. The lowest BCUT2D eigenvalue weighted by Gasteiger charge is -2.21. The van der Waals surface area contributed by atoms with Crippen molar-refractivity contribution in [2.75, 3.05) is 31.7 Å². The Labute approximate surface area is 103 Å². The van der Waals surface area contributed by atoms with Crippen LogP contribution >= 0.6 is 0 Å². The van der Waals surface area contributed by atoms with E-state index in [4.69, 9.17) is 4.74 Å². The minimum atomic E-state index is 0.0868. The molecule has 0 atom stereocenters. The van der Waals surface area contributed by atoms with Crippen molar-refractivity contribution in [2.24, 2.45) is 5.92 Å². The topological polar surface area (TPSA) is 32.7 Å². The summed E-state index contributed by atoms with van der Waals surface area (Å²) in [6, 6.07) is 7.94. The zero-order valence-electron chi connectivity index (χ0n) is 10.4. The third-order valence-corrected chi connectivity index (χ3v) is 3.19. The van der Waals surface area contributed by atoms with Crippen LogP contribution in [0.3, 0.4) is 0 Å². The van der Waals surface area contributed by atoms with Gasteiger partial charge in [0.25, 0.3) is 0 Å². The summed E-state index contributed by atoms with van der Waals surface area (Å²) in [5.41, 5.74) is 2.06. The van der Waals surface area contributed by atoms with E-state index < -0.39 is 0 Å². The highest BCUT2D eigenvalue weighted by Gasteiger charge is 2.21. The fraction of sp³-hybridized carbons (Fsp3) is 0.571. The number of para-hydroxylation sites is 1. The van der Waals surface area contributed by atoms with Gasteiger partial charge in [-0.3, -0.25) is 0 Å². The molecule has 1 aliphatic rings. The van der Waals surface area contributed by atoms with Crippen LogP contribution in [0.1, 0.15) is 18.4 Å². The van der Waals surface area contributed by atoms with Crippen molar-refractivity contribution in [3.63, 3.8) is 0 Å². The molecule has 0 radical (unpaired) electrons. The maximum absolute atomic E-state index is 9.26. The number of hydrogen-bond donors (Lipinski definition) is 1. The van der Waals surface area contributed by atoms with Crippen LogP contribution in [0.25, 0.3) is 0 Å². The summed E-state index contributed by atoms with van der Waals surface area (Å²) in [7, 11) is 2.04. The van der Waals surface area contributed by atoms with E-state index in [1.54, 1.807) is 0 Å². The van der Waals surface area contributed by atoms with E-state index in [1.807, 2.05) is 31.3 Å². The molecular weight excluding hydrogens is 214 g/mol. The SMILES string of the molecule is CN(CCOCC1CC1)c1ccccc1CO. The lowest BCUT2D eigenvalue weighted by Crippen LogP contribution is -2.24. The number of rotatable bonds is 7. The van der Waals surface area contributed by atoms with Gasteiger partial charge >= 0.3 is 0 Å². The second kappa shape index (κ2) is 6.03. The van der Waals surface area contributed by atoms with Crippen molar-refractivity contribution in [1.82, 2.24) is 0 Å². The van der Waals surface area contributed by atoms with Crippen molar-refractivity contribution in [2.45, 2.75) is 19.4 Å². The van der Waals surface area contributed by atoms with E-state index in [1.165, 1.54) is 12.8 Å². The molecule has 1 aromatic rings. The van der Waals surface area contributed by atoms with Crippen LogP contribution in [0.4, 0.5) is 5.69 Å². The first-order valence-corrected chi connectivity index (χ1v) is 6.29. The molecule has 94 valence electrons. The average molecular weight is 235 g/mol. The van der Waals surface area contributed by atoms with Gasteiger partial charge in [-0.2, -0.15) is 0 Å². The summed E-state index contributed by atoms with van der Waals surface area (Å²) >= 11 is 0. The number of ether oxygens (including phenoxy) is 1. The third kappa shape index (κ3) is 3.72. The van der Waals surface area contributed by atoms with Crippen molar-refractivity contribution in [1.29, 1.82) is 0 Å². The molecule has 0 amide bonds. The monoisotopic (exact) mass is 235 g/mol. The van der Waals surface area contributed by atoms with Crippen LogP contribution in [0.5, 0.6) is 0 Å². The van der Waals surface area contributed by atoms with Crippen molar-refractivity contribution < 1.29 is 9.84 Å². The van der Waals surface area contributed by atoms with E-state index in [0.717, 1.165) is 36.9 Å². The Morgan fingerprint density at radius 1 is 1.35 bits per heavy atom. The summed E-state index contributed by atoms with van der Waals surface area (Å²) < 4.78 is 5.62. The highest BCUT2D eigenvalue weighted by molar-refractivity contribution is 5.52. The molecule has 0 unspecified atom stereocenters. The minimum absolute atomic E-state index is 0.0868. The number of hydrogen-bond acceptors (Lipinski definition) is 3. The van der Waals surface area contributed by atoms with Crippen molar-refractivity contribution in [3.05, 3.63) is 29.8 Å². The number of nitrogens with zero attached hydrogens (tertiary/aromatic N) is 1. The number of benzene rings is 1. The fourth-order valence-electron chi connectivity index (χ4n) is 1.87. The van der Waals surface area contributed by atoms with Crippen LogP contribution in [0.15, 0.2) is 24.3 Å². The summed E-state index contributed by atoms with van der Waals surface area (Å²) in [5, 5.41) is 9.26. The number of anilines is 1. The van der Waals surface area contributed by atoms with Crippen LogP contribution in [-0.2, 0) is 11.3 Å². The predicted molar refractivity (Wildman–Crippen MR) is 69.2 cm³/mol. The summed E-state index contributed by atoms with van der Waals surface area (Å²) in [6.45, 7) is 2.62. The number of aliphatic hydroxyl groups excluding tert-OH is 1. The normalized spacial score (nSPS) is 14.9. The van der Waals surface area contributed by atoms with Crippen molar-refractivity contribution >= 4 is 5.69 Å². The maximum Gasteiger partial charge on any atom is 0.0702 e. The lowest BCUT2D eigenvalue weighted by molar-refractivity contribution is 0.131. The molecule has 0 aliphatic heterocycles. The maximum atomic E-state index is 9.26. The molecule has 1 aromatic carbocycles. The smallest absolute Gasteiger partial charge is 0.0702 e. The van der Waals surface area contributed by atoms with Gasteiger partial charge in [-0.1, -0.05) is 18.2 Å². The van der Waals surface area contributed by atoms with Gasteiger partial charge in [-0.15, -0.1) is 0 Å². The highest BCUT2D eigenvalue weighted by atomic mass is 16.5. The molecule has 0 bridgehead atoms. The zero-order valence-corrected chi connectivity index (χ0v) is 10.4. The Bertz CT molecular complexity index is 350. The third-order valence-electron chi connectivity index (χ3n) is 3.19. The first-order chi connectivity index (χ1) is 8.31. The van der Waals surface area contributed by atoms with Gasteiger partial charge in [0, 0.05) is 31.5 Å². The fourth-order valence-corrected chi connectivity index (χ4v) is 1.87. The van der Waals surface area contributed by atoms with Crippen molar-refractivity contribution in [3.8, 4) is 0 Å². The lowest BCUT2D eigenvalue weighted by atomic mass is 10.2. The number of aliphatic hydroxyl groups is 1. The van der Waals surface area contributed by atoms with E-state index >= 15 is 0 Å². The number of likely N-dealkylation sites (N-methyl/N-ethyl adjacent to an activating group) is 1.